The first-order chi connectivity index (χ1) is 9.83. The molecule has 2 heterocycles. The fourth-order valence-corrected chi connectivity index (χ4v) is 2.39. The van der Waals surface area contributed by atoms with Crippen molar-refractivity contribution in [3.05, 3.63) is 24.0 Å². The molecule has 20 heavy (non-hydrogen) atoms. The summed E-state index contributed by atoms with van der Waals surface area (Å²) in [5, 5.41) is 3.51. The molecule has 1 aromatic rings. The van der Waals surface area contributed by atoms with E-state index >= 15 is 0 Å². The van der Waals surface area contributed by atoms with E-state index in [1.54, 1.807) is 0 Å². The minimum Gasteiger partial charge on any atom is -0.492 e. The molecular weight excluding hydrogens is 252 g/mol. The molecule has 0 bridgehead atoms. The second-order valence-electron chi connectivity index (χ2n) is 5.37. The van der Waals surface area contributed by atoms with Crippen molar-refractivity contribution in [3.63, 3.8) is 0 Å². The highest BCUT2D eigenvalue weighted by atomic mass is 16.5. The van der Waals surface area contributed by atoms with Crippen molar-refractivity contribution < 1.29 is 9.47 Å². The molecule has 0 spiro atoms. The minimum absolute atomic E-state index is 0.340. The van der Waals surface area contributed by atoms with Gasteiger partial charge in [0.05, 0.1) is 25.1 Å². The van der Waals surface area contributed by atoms with E-state index in [0.717, 1.165) is 57.1 Å². The predicted octanol–water partition coefficient (Wildman–Crippen LogP) is 2.95. The van der Waals surface area contributed by atoms with Crippen molar-refractivity contribution in [2.75, 3.05) is 26.4 Å². The maximum atomic E-state index is 5.78. The van der Waals surface area contributed by atoms with E-state index < -0.39 is 0 Å². The summed E-state index contributed by atoms with van der Waals surface area (Å²) < 4.78 is 11.1. The van der Waals surface area contributed by atoms with Crippen molar-refractivity contribution in [2.45, 2.75) is 39.2 Å². The Balaban J connectivity index is 1.84. The molecule has 112 valence electrons. The smallest absolute Gasteiger partial charge is 0.137 e. The van der Waals surface area contributed by atoms with Gasteiger partial charge in [0.25, 0.3) is 0 Å². The topological polar surface area (TPSA) is 43.4 Å². The van der Waals surface area contributed by atoms with E-state index in [2.05, 4.69) is 30.2 Å². The molecule has 2 unspecified atom stereocenters. The monoisotopic (exact) mass is 278 g/mol. The highest BCUT2D eigenvalue weighted by molar-refractivity contribution is 5.21. The summed E-state index contributed by atoms with van der Waals surface area (Å²) in [5.74, 6) is 1.38. The van der Waals surface area contributed by atoms with Crippen molar-refractivity contribution in [1.29, 1.82) is 0 Å². The highest BCUT2D eigenvalue weighted by Crippen LogP contribution is 2.19. The summed E-state index contributed by atoms with van der Waals surface area (Å²) in [6, 6.07) is 4.43. The van der Waals surface area contributed by atoms with Crippen LogP contribution in [-0.2, 0) is 4.74 Å². The molecule has 1 aromatic heterocycles. The van der Waals surface area contributed by atoms with Gasteiger partial charge in [0.1, 0.15) is 5.75 Å². The lowest BCUT2D eigenvalue weighted by atomic mass is 10.1. The lowest BCUT2D eigenvalue weighted by molar-refractivity contribution is 0.167. The fraction of sp³-hybridized carbons (Fsp3) is 0.688. The van der Waals surface area contributed by atoms with Gasteiger partial charge in [-0.15, -0.1) is 0 Å². The molecule has 2 rings (SSSR count). The first kappa shape index (κ1) is 15.3. The standard InChI is InChI=1S/C16H26N2O2/c1-3-8-17-15(4-2)16-6-5-14(10-18-16)20-12-13-7-9-19-11-13/h5-6,10,13,15,17H,3-4,7-9,11-12H2,1-2H3. The van der Waals surface area contributed by atoms with Crippen LogP contribution in [0.5, 0.6) is 5.75 Å². The number of aromatic nitrogens is 1. The minimum atomic E-state index is 0.340. The maximum absolute atomic E-state index is 5.78. The molecule has 0 aliphatic carbocycles. The van der Waals surface area contributed by atoms with Gasteiger partial charge in [0, 0.05) is 18.6 Å². The zero-order valence-corrected chi connectivity index (χ0v) is 12.6. The summed E-state index contributed by atoms with van der Waals surface area (Å²) in [4.78, 5) is 4.53. The number of ether oxygens (including phenoxy) is 2. The third-order valence-electron chi connectivity index (χ3n) is 3.67. The van der Waals surface area contributed by atoms with Crippen LogP contribution in [0.2, 0.25) is 0 Å². The Morgan fingerprint density at radius 3 is 2.95 bits per heavy atom. The molecular formula is C16H26N2O2. The normalized spacial score (nSPS) is 20.0. The predicted molar refractivity (Wildman–Crippen MR) is 80.0 cm³/mol. The third kappa shape index (κ3) is 4.46. The molecule has 1 aliphatic heterocycles. The molecule has 0 radical (unpaired) electrons. The van der Waals surface area contributed by atoms with E-state index in [0.29, 0.717) is 12.0 Å². The largest absolute Gasteiger partial charge is 0.492 e. The van der Waals surface area contributed by atoms with E-state index in [-0.39, 0.29) is 0 Å². The molecule has 1 N–H and O–H groups in total. The van der Waals surface area contributed by atoms with E-state index in [1.165, 1.54) is 0 Å². The quantitative estimate of drug-likeness (QED) is 0.794. The molecule has 1 saturated heterocycles. The Bertz CT molecular complexity index is 375. The first-order valence-electron chi connectivity index (χ1n) is 7.73. The molecule has 0 aromatic carbocycles. The summed E-state index contributed by atoms with van der Waals surface area (Å²) in [5.41, 5.74) is 1.09. The Hall–Kier alpha value is -1.13. The molecule has 1 fully saturated rings. The van der Waals surface area contributed by atoms with Gasteiger partial charge in [0.2, 0.25) is 0 Å². The SMILES string of the molecule is CCCNC(CC)c1ccc(OCC2CCOC2)cn1. The van der Waals surface area contributed by atoms with Crippen LogP contribution in [0, 0.1) is 5.92 Å². The van der Waals surface area contributed by atoms with Crippen LogP contribution in [0.15, 0.2) is 18.3 Å². The first-order valence-corrected chi connectivity index (χ1v) is 7.73. The molecule has 2 atom stereocenters. The fourth-order valence-electron chi connectivity index (χ4n) is 2.39. The molecule has 4 nitrogen and oxygen atoms in total. The van der Waals surface area contributed by atoms with Gasteiger partial charge in [-0.2, -0.15) is 0 Å². The summed E-state index contributed by atoms with van der Waals surface area (Å²) in [6.45, 7) is 7.81. The van der Waals surface area contributed by atoms with Crippen LogP contribution >= 0.6 is 0 Å². The molecule has 0 amide bonds. The molecule has 1 aliphatic rings. The Morgan fingerprint density at radius 1 is 1.45 bits per heavy atom. The van der Waals surface area contributed by atoms with Crippen LogP contribution in [0.3, 0.4) is 0 Å². The van der Waals surface area contributed by atoms with Gasteiger partial charge in [-0.3, -0.25) is 4.98 Å². The van der Waals surface area contributed by atoms with Gasteiger partial charge >= 0.3 is 0 Å². The van der Waals surface area contributed by atoms with Crippen molar-refractivity contribution in [3.8, 4) is 5.75 Å². The maximum Gasteiger partial charge on any atom is 0.137 e. The molecule has 4 heteroatoms. The van der Waals surface area contributed by atoms with Crippen LogP contribution in [0.25, 0.3) is 0 Å². The Labute approximate surface area is 121 Å². The van der Waals surface area contributed by atoms with Crippen LogP contribution < -0.4 is 10.1 Å². The highest BCUT2D eigenvalue weighted by Gasteiger charge is 2.16. The third-order valence-corrected chi connectivity index (χ3v) is 3.67. The number of hydrogen-bond donors (Lipinski definition) is 1. The number of rotatable bonds is 8. The van der Waals surface area contributed by atoms with E-state index in [9.17, 15) is 0 Å². The summed E-state index contributed by atoms with van der Waals surface area (Å²) >= 11 is 0. The average Bonchev–Trinajstić information content (AvgIpc) is 3.00. The second-order valence-corrected chi connectivity index (χ2v) is 5.37. The van der Waals surface area contributed by atoms with Gasteiger partial charge in [-0.05, 0) is 37.9 Å². The summed E-state index contributed by atoms with van der Waals surface area (Å²) in [6.07, 6.45) is 5.12. The summed E-state index contributed by atoms with van der Waals surface area (Å²) in [7, 11) is 0. The van der Waals surface area contributed by atoms with Crippen LogP contribution in [-0.4, -0.2) is 31.3 Å². The lowest BCUT2D eigenvalue weighted by Gasteiger charge is -2.16. The zero-order chi connectivity index (χ0) is 14.2. The van der Waals surface area contributed by atoms with Gasteiger partial charge in [-0.25, -0.2) is 0 Å². The second kappa shape index (κ2) is 8.22. The van der Waals surface area contributed by atoms with Gasteiger partial charge < -0.3 is 14.8 Å². The number of nitrogens with zero attached hydrogens (tertiary/aromatic N) is 1. The van der Waals surface area contributed by atoms with Crippen LogP contribution in [0.1, 0.15) is 44.8 Å². The van der Waals surface area contributed by atoms with Crippen molar-refractivity contribution in [1.82, 2.24) is 10.3 Å². The van der Waals surface area contributed by atoms with Crippen molar-refractivity contribution >= 4 is 0 Å². The van der Waals surface area contributed by atoms with Gasteiger partial charge in [0.15, 0.2) is 0 Å². The lowest BCUT2D eigenvalue weighted by Crippen LogP contribution is -2.22. The van der Waals surface area contributed by atoms with Gasteiger partial charge in [-0.1, -0.05) is 13.8 Å². The molecule has 0 saturated carbocycles. The van der Waals surface area contributed by atoms with E-state index in [1.807, 2.05) is 12.3 Å². The van der Waals surface area contributed by atoms with Crippen LogP contribution in [0.4, 0.5) is 0 Å². The van der Waals surface area contributed by atoms with Crippen molar-refractivity contribution in [2.24, 2.45) is 5.92 Å². The Kier molecular flexibility index (Phi) is 6.27. The zero-order valence-electron chi connectivity index (χ0n) is 12.6. The number of hydrogen-bond acceptors (Lipinski definition) is 4. The number of nitrogens with one attached hydrogen (secondary N) is 1. The average molecular weight is 278 g/mol. The Morgan fingerprint density at radius 2 is 2.35 bits per heavy atom. The van der Waals surface area contributed by atoms with E-state index in [4.69, 9.17) is 9.47 Å². The number of pyridine rings is 1.